The highest BCUT2D eigenvalue weighted by Crippen LogP contribution is 2.26. The number of hydrogen-bond donors (Lipinski definition) is 1. The maximum Gasteiger partial charge on any atom is 0.191 e. The molecular formula is C18H14BrNO2. The smallest absolute Gasteiger partial charge is 0.191 e. The summed E-state index contributed by atoms with van der Waals surface area (Å²) in [5.41, 5.74) is 2.95. The van der Waals surface area contributed by atoms with E-state index in [0.717, 1.165) is 10.2 Å². The molecule has 0 saturated heterocycles. The number of benzene rings is 2. The van der Waals surface area contributed by atoms with Gasteiger partial charge in [0.25, 0.3) is 0 Å². The van der Waals surface area contributed by atoms with E-state index >= 15 is 0 Å². The molecule has 1 N–H and O–H groups in total. The molecule has 0 fully saturated rings. The van der Waals surface area contributed by atoms with Crippen LogP contribution in [0.1, 0.15) is 27.6 Å². The van der Waals surface area contributed by atoms with Crippen LogP contribution in [0.3, 0.4) is 0 Å². The second kappa shape index (κ2) is 5.89. The SMILES string of the molecule is CC1=C(CNc2ccc(Br)cc2)C(=O)c2ccccc2C1=O. The third-order valence-corrected chi connectivity index (χ3v) is 4.33. The fourth-order valence-corrected chi connectivity index (χ4v) is 2.79. The van der Waals surface area contributed by atoms with Gasteiger partial charge in [-0.25, -0.2) is 0 Å². The van der Waals surface area contributed by atoms with Crippen LogP contribution in [0.4, 0.5) is 5.69 Å². The Hall–Kier alpha value is -2.20. The van der Waals surface area contributed by atoms with Gasteiger partial charge >= 0.3 is 0 Å². The lowest BCUT2D eigenvalue weighted by atomic mass is 9.84. The third kappa shape index (κ3) is 2.62. The molecule has 0 heterocycles. The number of fused-ring (bicyclic) bond motifs is 1. The first-order valence-corrected chi connectivity index (χ1v) is 7.75. The van der Waals surface area contributed by atoms with Crippen LogP contribution < -0.4 is 5.32 Å². The molecule has 0 bridgehead atoms. The monoisotopic (exact) mass is 355 g/mol. The quantitative estimate of drug-likeness (QED) is 0.894. The van der Waals surface area contributed by atoms with E-state index in [1.165, 1.54) is 0 Å². The minimum atomic E-state index is -0.0719. The molecule has 110 valence electrons. The Bertz CT molecular complexity index is 791. The van der Waals surface area contributed by atoms with Crippen LogP contribution in [0.2, 0.25) is 0 Å². The van der Waals surface area contributed by atoms with Gasteiger partial charge in [0, 0.05) is 39.0 Å². The van der Waals surface area contributed by atoms with Crippen molar-refractivity contribution in [2.75, 3.05) is 11.9 Å². The summed E-state index contributed by atoms with van der Waals surface area (Å²) in [6.45, 7) is 2.06. The Morgan fingerprint density at radius 2 is 1.50 bits per heavy atom. The summed E-state index contributed by atoms with van der Waals surface area (Å²) in [6, 6.07) is 14.7. The standard InChI is InChI=1S/C18H14BrNO2/c1-11-16(10-20-13-8-6-12(19)7-9-13)18(22)15-5-3-2-4-14(15)17(11)21/h2-9,20H,10H2,1H3. The number of ketones is 2. The van der Waals surface area contributed by atoms with Gasteiger partial charge in [0.15, 0.2) is 11.6 Å². The molecule has 1 aliphatic rings. The van der Waals surface area contributed by atoms with Crippen molar-refractivity contribution in [3.8, 4) is 0 Å². The molecule has 2 aromatic rings. The lowest BCUT2D eigenvalue weighted by Crippen LogP contribution is -2.25. The van der Waals surface area contributed by atoms with Crippen molar-refractivity contribution in [2.45, 2.75) is 6.92 Å². The number of carbonyl (C=O) groups excluding carboxylic acids is 2. The lowest BCUT2D eigenvalue weighted by molar-refractivity contribution is 0.0974. The molecule has 1 aliphatic carbocycles. The Kier molecular flexibility index (Phi) is 3.94. The zero-order valence-corrected chi connectivity index (χ0v) is 13.6. The summed E-state index contributed by atoms with van der Waals surface area (Å²) in [7, 11) is 0. The molecule has 0 saturated carbocycles. The molecular weight excluding hydrogens is 342 g/mol. The van der Waals surface area contributed by atoms with E-state index in [4.69, 9.17) is 0 Å². The number of rotatable bonds is 3. The van der Waals surface area contributed by atoms with Crippen LogP contribution in [0.15, 0.2) is 64.1 Å². The lowest BCUT2D eigenvalue weighted by Gasteiger charge is -2.19. The van der Waals surface area contributed by atoms with Crippen LogP contribution in [0, 0.1) is 0 Å². The molecule has 22 heavy (non-hydrogen) atoms. The summed E-state index contributed by atoms with van der Waals surface area (Å²) in [4.78, 5) is 25.0. The van der Waals surface area contributed by atoms with Gasteiger partial charge in [0.1, 0.15) is 0 Å². The van der Waals surface area contributed by atoms with E-state index in [9.17, 15) is 9.59 Å². The highest BCUT2D eigenvalue weighted by molar-refractivity contribution is 9.10. The minimum absolute atomic E-state index is 0.0668. The first-order chi connectivity index (χ1) is 10.6. The van der Waals surface area contributed by atoms with Crippen molar-refractivity contribution in [3.63, 3.8) is 0 Å². The number of carbonyl (C=O) groups is 2. The number of nitrogens with one attached hydrogen (secondary N) is 1. The summed E-state index contributed by atoms with van der Waals surface area (Å²) in [5.74, 6) is -0.139. The van der Waals surface area contributed by atoms with Crippen LogP contribution in [0.25, 0.3) is 0 Å². The largest absolute Gasteiger partial charge is 0.381 e. The molecule has 4 heteroatoms. The molecule has 3 rings (SSSR count). The fraction of sp³-hybridized carbons (Fsp3) is 0.111. The number of hydrogen-bond acceptors (Lipinski definition) is 3. The van der Waals surface area contributed by atoms with E-state index in [-0.39, 0.29) is 11.6 Å². The molecule has 2 aromatic carbocycles. The van der Waals surface area contributed by atoms with Crippen molar-refractivity contribution >= 4 is 33.2 Å². The van der Waals surface area contributed by atoms with E-state index in [2.05, 4.69) is 21.2 Å². The van der Waals surface area contributed by atoms with E-state index < -0.39 is 0 Å². The number of anilines is 1. The maximum absolute atomic E-state index is 12.6. The van der Waals surface area contributed by atoms with E-state index in [1.807, 2.05) is 24.3 Å². The maximum atomic E-state index is 12.6. The van der Waals surface area contributed by atoms with Gasteiger partial charge < -0.3 is 5.32 Å². The van der Waals surface area contributed by atoms with Gasteiger partial charge in [-0.05, 0) is 31.2 Å². The van der Waals surface area contributed by atoms with Gasteiger partial charge in [0.2, 0.25) is 0 Å². The summed E-state index contributed by atoms with van der Waals surface area (Å²) in [6.07, 6.45) is 0. The first kappa shape index (κ1) is 14.7. The molecule has 0 spiro atoms. The fourth-order valence-electron chi connectivity index (χ4n) is 2.52. The second-order valence-electron chi connectivity index (χ2n) is 5.17. The zero-order valence-electron chi connectivity index (χ0n) is 12.0. The number of halogens is 1. The van der Waals surface area contributed by atoms with Crippen LogP contribution in [-0.4, -0.2) is 18.1 Å². The van der Waals surface area contributed by atoms with E-state index in [0.29, 0.717) is 28.8 Å². The molecule has 0 aromatic heterocycles. The topological polar surface area (TPSA) is 46.2 Å². The van der Waals surface area contributed by atoms with Gasteiger partial charge in [-0.2, -0.15) is 0 Å². The summed E-state index contributed by atoms with van der Waals surface area (Å²) >= 11 is 3.38. The average Bonchev–Trinajstić information content (AvgIpc) is 2.54. The molecule has 0 unspecified atom stereocenters. The van der Waals surface area contributed by atoms with E-state index in [1.54, 1.807) is 31.2 Å². The zero-order chi connectivity index (χ0) is 15.7. The van der Waals surface area contributed by atoms with Crippen LogP contribution in [-0.2, 0) is 0 Å². The van der Waals surface area contributed by atoms with Crippen LogP contribution in [0.5, 0.6) is 0 Å². The van der Waals surface area contributed by atoms with Crippen molar-refractivity contribution in [3.05, 3.63) is 75.3 Å². The van der Waals surface area contributed by atoms with Gasteiger partial charge in [0.05, 0.1) is 0 Å². The van der Waals surface area contributed by atoms with Crippen LogP contribution >= 0.6 is 15.9 Å². The molecule has 0 radical (unpaired) electrons. The Morgan fingerprint density at radius 3 is 2.14 bits per heavy atom. The van der Waals surface area contributed by atoms with Gasteiger partial charge in [-0.15, -0.1) is 0 Å². The molecule has 0 amide bonds. The molecule has 0 aliphatic heterocycles. The Morgan fingerprint density at radius 1 is 0.909 bits per heavy atom. The summed E-state index contributed by atoms with van der Waals surface area (Å²) in [5, 5.41) is 3.20. The minimum Gasteiger partial charge on any atom is -0.381 e. The Labute approximate surface area is 137 Å². The summed E-state index contributed by atoms with van der Waals surface area (Å²) < 4.78 is 0.992. The van der Waals surface area contributed by atoms with Crippen molar-refractivity contribution < 1.29 is 9.59 Å². The third-order valence-electron chi connectivity index (χ3n) is 3.80. The van der Waals surface area contributed by atoms with Crippen molar-refractivity contribution in [1.29, 1.82) is 0 Å². The molecule has 3 nitrogen and oxygen atoms in total. The molecule has 0 atom stereocenters. The normalized spacial score (nSPS) is 14.1. The van der Waals surface area contributed by atoms with Crippen molar-refractivity contribution in [1.82, 2.24) is 0 Å². The first-order valence-electron chi connectivity index (χ1n) is 6.95. The highest BCUT2D eigenvalue weighted by atomic mass is 79.9. The van der Waals surface area contributed by atoms with Crippen molar-refractivity contribution in [2.24, 2.45) is 0 Å². The predicted octanol–water partition coefficient (Wildman–Crippen LogP) is 4.26. The average molecular weight is 356 g/mol. The van der Waals surface area contributed by atoms with Gasteiger partial charge in [-0.3, -0.25) is 9.59 Å². The number of allylic oxidation sites excluding steroid dienone is 1. The van der Waals surface area contributed by atoms with Gasteiger partial charge in [-0.1, -0.05) is 40.2 Å². The number of Topliss-reactive ketones (excluding diaryl/α,β-unsaturated/α-hetero) is 2. The second-order valence-corrected chi connectivity index (χ2v) is 6.08. The highest BCUT2D eigenvalue weighted by Gasteiger charge is 2.29. The predicted molar refractivity (Wildman–Crippen MR) is 90.4 cm³/mol. The Balaban J connectivity index is 1.87.